The molecule has 98 valence electrons. The summed E-state index contributed by atoms with van der Waals surface area (Å²) in [6.45, 7) is 9.50. The summed E-state index contributed by atoms with van der Waals surface area (Å²) in [5, 5.41) is 0. The fraction of sp³-hybridized carbons (Fsp3) is 0.467. The van der Waals surface area contributed by atoms with Crippen LogP contribution in [0.4, 0.5) is 10.1 Å². The lowest BCUT2D eigenvalue weighted by molar-refractivity contribution is 0.278. The average Bonchev–Trinajstić information content (AvgIpc) is 2.40. The van der Waals surface area contributed by atoms with Crippen molar-refractivity contribution in [2.45, 2.75) is 13.8 Å². The van der Waals surface area contributed by atoms with Crippen LogP contribution in [0, 0.1) is 5.82 Å². The molecule has 0 aromatic heterocycles. The maximum atomic E-state index is 12.9. The van der Waals surface area contributed by atoms with Gasteiger partial charge in [0.15, 0.2) is 0 Å². The molecule has 2 rings (SSSR count). The van der Waals surface area contributed by atoms with E-state index in [0.29, 0.717) is 0 Å². The van der Waals surface area contributed by atoms with E-state index in [1.54, 1.807) is 0 Å². The molecule has 1 aliphatic heterocycles. The van der Waals surface area contributed by atoms with Crippen LogP contribution >= 0.6 is 0 Å². The molecular formula is C15H21FN2. The molecule has 0 spiro atoms. The van der Waals surface area contributed by atoms with Gasteiger partial charge in [0.1, 0.15) is 5.82 Å². The predicted molar refractivity (Wildman–Crippen MR) is 74.5 cm³/mol. The van der Waals surface area contributed by atoms with Gasteiger partial charge < -0.3 is 4.90 Å². The third kappa shape index (κ3) is 3.33. The molecule has 1 aromatic carbocycles. The van der Waals surface area contributed by atoms with E-state index in [4.69, 9.17) is 0 Å². The Morgan fingerprint density at radius 3 is 2.33 bits per heavy atom. The Labute approximate surface area is 109 Å². The zero-order valence-electron chi connectivity index (χ0n) is 11.2. The second kappa shape index (κ2) is 6.01. The number of allylic oxidation sites excluding steroid dienone is 1. The lowest BCUT2D eigenvalue weighted by Gasteiger charge is -2.36. The van der Waals surface area contributed by atoms with E-state index in [-0.39, 0.29) is 5.82 Å². The standard InChI is InChI=1S/C15H21FN2/c1-3-13(2)12-17-8-10-18(11-9-17)15-6-4-14(16)5-7-15/h3-7H,8-12H2,1-2H3. The second-order valence-electron chi connectivity index (χ2n) is 4.87. The first kappa shape index (κ1) is 13.1. The van der Waals surface area contributed by atoms with Gasteiger partial charge in [-0.15, -0.1) is 0 Å². The van der Waals surface area contributed by atoms with Crippen molar-refractivity contribution in [3.63, 3.8) is 0 Å². The Morgan fingerprint density at radius 2 is 1.78 bits per heavy atom. The van der Waals surface area contributed by atoms with E-state index in [1.807, 2.05) is 12.1 Å². The topological polar surface area (TPSA) is 6.48 Å². The van der Waals surface area contributed by atoms with Crippen LogP contribution < -0.4 is 4.90 Å². The Hall–Kier alpha value is -1.35. The summed E-state index contributed by atoms with van der Waals surface area (Å²) in [4.78, 5) is 4.79. The third-order valence-corrected chi connectivity index (χ3v) is 3.53. The lowest BCUT2D eigenvalue weighted by atomic mass is 10.2. The highest BCUT2D eigenvalue weighted by Gasteiger charge is 2.16. The summed E-state index contributed by atoms with van der Waals surface area (Å²) in [7, 11) is 0. The lowest BCUT2D eigenvalue weighted by Crippen LogP contribution is -2.46. The number of anilines is 1. The Balaban J connectivity index is 1.88. The number of nitrogens with zero attached hydrogens (tertiary/aromatic N) is 2. The first-order chi connectivity index (χ1) is 8.69. The molecule has 1 aliphatic rings. The third-order valence-electron chi connectivity index (χ3n) is 3.53. The monoisotopic (exact) mass is 248 g/mol. The molecule has 3 heteroatoms. The van der Waals surface area contributed by atoms with Crippen LogP contribution in [0.2, 0.25) is 0 Å². The zero-order chi connectivity index (χ0) is 13.0. The fourth-order valence-corrected chi connectivity index (χ4v) is 2.26. The van der Waals surface area contributed by atoms with Crippen molar-refractivity contribution >= 4 is 5.69 Å². The van der Waals surface area contributed by atoms with Gasteiger partial charge in [0, 0.05) is 38.4 Å². The smallest absolute Gasteiger partial charge is 0.123 e. The van der Waals surface area contributed by atoms with Crippen LogP contribution in [0.1, 0.15) is 13.8 Å². The number of rotatable bonds is 3. The van der Waals surface area contributed by atoms with Gasteiger partial charge >= 0.3 is 0 Å². The quantitative estimate of drug-likeness (QED) is 0.759. The van der Waals surface area contributed by atoms with Gasteiger partial charge in [-0.05, 0) is 38.1 Å². The van der Waals surface area contributed by atoms with Crippen molar-refractivity contribution in [3.8, 4) is 0 Å². The Morgan fingerprint density at radius 1 is 1.17 bits per heavy atom. The van der Waals surface area contributed by atoms with Crippen molar-refractivity contribution < 1.29 is 4.39 Å². The van der Waals surface area contributed by atoms with Crippen molar-refractivity contribution in [3.05, 3.63) is 41.7 Å². The average molecular weight is 248 g/mol. The summed E-state index contributed by atoms with van der Waals surface area (Å²) in [5.41, 5.74) is 2.55. The summed E-state index contributed by atoms with van der Waals surface area (Å²) < 4.78 is 12.9. The number of piperazine rings is 1. The Bertz CT molecular complexity index is 403. The molecule has 0 atom stereocenters. The van der Waals surface area contributed by atoms with E-state index in [9.17, 15) is 4.39 Å². The highest BCUT2D eigenvalue weighted by atomic mass is 19.1. The largest absolute Gasteiger partial charge is 0.369 e. The molecule has 1 fully saturated rings. The van der Waals surface area contributed by atoms with Crippen LogP contribution in [0.15, 0.2) is 35.9 Å². The van der Waals surface area contributed by atoms with E-state index >= 15 is 0 Å². The van der Waals surface area contributed by atoms with Gasteiger partial charge in [-0.2, -0.15) is 0 Å². The highest BCUT2D eigenvalue weighted by molar-refractivity contribution is 5.46. The van der Waals surface area contributed by atoms with Crippen molar-refractivity contribution in [1.29, 1.82) is 0 Å². The van der Waals surface area contributed by atoms with Gasteiger partial charge in [-0.1, -0.05) is 11.6 Å². The molecule has 0 unspecified atom stereocenters. The minimum Gasteiger partial charge on any atom is -0.369 e. The SMILES string of the molecule is CC=C(C)CN1CCN(c2ccc(F)cc2)CC1. The zero-order valence-corrected chi connectivity index (χ0v) is 11.2. The molecule has 1 aromatic rings. The van der Waals surface area contributed by atoms with E-state index in [0.717, 1.165) is 38.4 Å². The van der Waals surface area contributed by atoms with Crippen LogP contribution in [-0.4, -0.2) is 37.6 Å². The molecule has 0 saturated carbocycles. The van der Waals surface area contributed by atoms with Crippen LogP contribution in [0.25, 0.3) is 0 Å². The first-order valence-corrected chi connectivity index (χ1v) is 6.53. The molecule has 0 aliphatic carbocycles. The van der Waals surface area contributed by atoms with Crippen LogP contribution in [0.3, 0.4) is 0 Å². The van der Waals surface area contributed by atoms with Crippen LogP contribution in [-0.2, 0) is 0 Å². The number of hydrogen-bond donors (Lipinski definition) is 0. The molecule has 1 saturated heterocycles. The predicted octanol–water partition coefficient (Wildman–Crippen LogP) is 2.91. The molecule has 2 nitrogen and oxygen atoms in total. The highest BCUT2D eigenvalue weighted by Crippen LogP contribution is 2.17. The summed E-state index contributed by atoms with van der Waals surface area (Å²) >= 11 is 0. The molecule has 1 heterocycles. The molecule has 0 bridgehead atoms. The van der Waals surface area contributed by atoms with Gasteiger partial charge in [-0.25, -0.2) is 4.39 Å². The molecule has 0 N–H and O–H groups in total. The minimum absolute atomic E-state index is 0.166. The first-order valence-electron chi connectivity index (χ1n) is 6.53. The van der Waals surface area contributed by atoms with E-state index < -0.39 is 0 Å². The molecule has 0 radical (unpaired) electrons. The number of halogens is 1. The second-order valence-corrected chi connectivity index (χ2v) is 4.87. The van der Waals surface area contributed by atoms with Crippen LogP contribution in [0.5, 0.6) is 0 Å². The van der Waals surface area contributed by atoms with Crippen molar-refractivity contribution in [1.82, 2.24) is 4.90 Å². The summed E-state index contributed by atoms with van der Waals surface area (Å²) in [5.74, 6) is -0.166. The number of benzene rings is 1. The Kier molecular flexibility index (Phi) is 4.37. The number of hydrogen-bond acceptors (Lipinski definition) is 2. The fourth-order valence-electron chi connectivity index (χ4n) is 2.26. The maximum absolute atomic E-state index is 12.9. The molecule has 18 heavy (non-hydrogen) atoms. The summed E-state index contributed by atoms with van der Waals surface area (Å²) in [6.07, 6.45) is 2.17. The van der Waals surface area contributed by atoms with E-state index in [1.165, 1.54) is 17.7 Å². The summed E-state index contributed by atoms with van der Waals surface area (Å²) in [6, 6.07) is 6.79. The molecule has 0 amide bonds. The van der Waals surface area contributed by atoms with Gasteiger partial charge in [0.25, 0.3) is 0 Å². The van der Waals surface area contributed by atoms with Crippen molar-refractivity contribution in [2.24, 2.45) is 0 Å². The maximum Gasteiger partial charge on any atom is 0.123 e. The normalized spacial score (nSPS) is 18.2. The van der Waals surface area contributed by atoms with E-state index in [2.05, 4.69) is 29.7 Å². The molecular weight excluding hydrogens is 227 g/mol. The van der Waals surface area contributed by atoms with Gasteiger partial charge in [0.2, 0.25) is 0 Å². The van der Waals surface area contributed by atoms with Gasteiger partial charge in [-0.3, -0.25) is 4.90 Å². The van der Waals surface area contributed by atoms with Gasteiger partial charge in [0.05, 0.1) is 0 Å². The minimum atomic E-state index is -0.166. The van der Waals surface area contributed by atoms with Crippen molar-refractivity contribution in [2.75, 3.05) is 37.6 Å².